The maximum Gasteiger partial charge on any atom is 0.225 e. The van der Waals surface area contributed by atoms with Crippen LogP contribution in [0.15, 0.2) is 23.5 Å². The van der Waals surface area contributed by atoms with E-state index in [0.717, 1.165) is 70.9 Å². The number of ether oxygens (including phenoxy) is 1. The van der Waals surface area contributed by atoms with Crippen LogP contribution in [0.3, 0.4) is 0 Å². The molecular weight excluding hydrogens is 493 g/mol. The van der Waals surface area contributed by atoms with E-state index in [0.29, 0.717) is 0 Å². The van der Waals surface area contributed by atoms with Gasteiger partial charge in [0.15, 0.2) is 5.96 Å². The molecule has 0 aromatic carbocycles. The van der Waals surface area contributed by atoms with Crippen LogP contribution >= 0.6 is 24.0 Å². The zero-order chi connectivity index (χ0) is 19.9. The maximum atomic E-state index is 5.62. The van der Waals surface area contributed by atoms with Crippen molar-refractivity contribution in [3.05, 3.63) is 18.5 Å². The van der Waals surface area contributed by atoms with Gasteiger partial charge in [0.2, 0.25) is 5.95 Å². The molecule has 4 rings (SSSR count). The summed E-state index contributed by atoms with van der Waals surface area (Å²) in [5, 5.41) is 3.75. The highest BCUT2D eigenvalue weighted by atomic mass is 127. The van der Waals surface area contributed by atoms with Crippen molar-refractivity contribution in [3.63, 3.8) is 0 Å². The number of piperazine rings is 1. The molecule has 0 atom stereocenters. The molecule has 1 N–H and O–H groups in total. The third kappa shape index (κ3) is 5.53. The van der Waals surface area contributed by atoms with E-state index in [1.54, 1.807) is 0 Å². The summed E-state index contributed by atoms with van der Waals surface area (Å²) in [4.78, 5) is 20.7. The first kappa shape index (κ1) is 23.5. The molecule has 2 saturated heterocycles. The van der Waals surface area contributed by atoms with Gasteiger partial charge in [0.25, 0.3) is 0 Å². The SMILES string of the molecule is CN=C(NCC1(N2CCOCC2)CCCCC1)N1CCN(c2ncccn2)CC1.I. The van der Waals surface area contributed by atoms with Gasteiger partial charge in [0.1, 0.15) is 0 Å². The molecule has 2 aliphatic heterocycles. The molecule has 30 heavy (non-hydrogen) atoms. The molecule has 0 spiro atoms. The third-order valence-corrected chi connectivity index (χ3v) is 6.67. The van der Waals surface area contributed by atoms with E-state index in [4.69, 9.17) is 4.74 Å². The van der Waals surface area contributed by atoms with Gasteiger partial charge in [-0.25, -0.2) is 9.97 Å². The van der Waals surface area contributed by atoms with Gasteiger partial charge in [0.05, 0.1) is 13.2 Å². The second-order valence-electron chi connectivity index (χ2n) is 8.31. The van der Waals surface area contributed by atoms with Gasteiger partial charge < -0.3 is 19.9 Å². The van der Waals surface area contributed by atoms with Crippen molar-refractivity contribution in [3.8, 4) is 0 Å². The van der Waals surface area contributed by atoms with E-state index in [9.17, 15) is 0 Å². The van der Waals surface area contributed by atoms with Gasteiger partial charge in [-0.05, 0) is 18.9 Å². The number of halogens is 1. The average Bonchev–Trinajstić information content (AvgIpc) is 2.82. The standard InChI is InChI=1S/C21H35N7O.HI/c1-22-19(26-10-12-27(13-11-26)20-23-8-5-9-24-20)25-18-21(6-3-2-4-7-21)28-14-16-29-17-15-28;/h5,8-9H,2-4,6-7,10-18H2,1H3,(H,22,25);1H. The first-order valence-corrected chi connectivity index (χ1v) is 11.1. The number of aromatic nitrogens is 2. The monoisotopic (exact) mass is 529 g/mol. The fraction of sp³-hybridized carbons (Fsp3) is 0.762. The van der Waals surface area contributed by atoms with E-state index in [-0.39, 0.29) is 29.5 Å². The second kappa shape index (κ2) is 11.4. The van der Waals surface area contributed by atoms with Gasteiger partial charge in [-0.1, -0.05) is 19.3 Å². The Morgan fingerprint density at radius 1 is 1.03 bits per heavy atom. The van der Waals surface area contributed by atoms with E-state index in [2.05, 4.69) is 35.0 Å². The third-order valence-electron chi connectivity index (χ3n) is 6.67. The predicted molar refractivity (Wildman–Crippen MR) is 131 cm³/mol. The Balaban J connectivity index is 0.00000256. The molecule has 168 valence electrons. The van der Waals surface area contributed by atoms with Crippen molar-refractivity contribution in [2.24, 2.45) is 4.99 Å². The lowest BCUT2D eigenvalue weighted by Gasteiger charge is -2.48. The molecule has 9 heteroatoms. The van der Waals surface area contributed by atoms with Crippen molar-refractivity contribution < 1.29 is 4.74 Å². The van der Waals surface area contributed by atoms with Crippen LogP contribution in [0.1, 0.15) is 32.1 Å². The maximum absolute atomic E-state index is 5.62. The van der Waals surface area contributed by atoms with Crippen molar-refractivity contribution >= 4 is 35.9 Å². The lowest BCUT2D eigenvalue weighted by molar-refractivity contribution is -0.0354. The fourth-order valence-corrected chi connectivity index (χ4v) is 5.00. The summed E-state index contributed by atoms with van der Waals surface area (Å²) < 4.78 is 5.62. The zero-order valence-electron chi connectivity index (χ0n) is 18.1. The van der Waals surface area contributed by atoms with Gasteiger partial charge in [-0.2, -0.15) is 0 Å². The van der Waals surface area contributed by atoms with Crippen LogP contribution in [-0.4, -0.2) is 97.3 Å². The summed E-state index contributed by atoms with van der Waals surface area (Å²) >= 11 is 0. The smallest absolute Gasteiger partial charge is 0.225 e. The molecular formula is C21H36IN7O. The molecule has 0 unspecified atom stereocenters. The number of hydrogen-bond acceptors (Lipinski definition) is 6. The summed E-state index contributed by atoms with van der Waals surface area (Å²) in [6.45, 7) is 8.50. The van der Waals surface area contributed by atoms with Crippen LogP contribution in [0.25, 0.3) is 0 Å². The van der Waals surface area contributed by atoms with Crippen LogP contribution in [0.4, 0.5) is 5.95 Å². The van der Waals surface area contributed by atoms with Crippen LogP contribution in [0.5, 0.6) is 0 Å². The number of morpholine rings is 1. The Morgan fingerprint density at radius 3 is 2.33 bits per heavy atom. The first-order chi connectivity index (χ1) is 14.3. The Morgan fingerprint density at radius 2 is 1.70 bits per heavy atom. The zero-order valence-corrected chi connectivity index (χ0v) is 20.5. The molecule has 0 bridgehead atoms. The van der Waals surface area contributed by atoms with Crippen LogP contribution in [0.2, 0.25) is 0 Å². The molecule has 1 saturated carbocycles. The number of nitrogens with one attached hydrogen (secondary N) is 1. The second-order valence-corrected chi connectivity index (χ2v) is 8.31. The van der Waals surface area contributed by atoms with Crippen LogP contribution < -0.4 is 10.2 Å². The van der Waals surface area contributed by atoms with Crippen molar-refractivity contribution in [2.45, 2.75) is 37.6 Å². The van der Waals surface area contributed by atoms with Gasteiger partial charge >= 0.3 is 0 Å². The minimum absolute atomic E-state index is 0. The lowest BCUT2D eigenvalue weighted by Crippen LogP contribution is -2.61. The lowest BCUT2D eigenvalue weighted by atomic mass is 9.79. The minimum Gasteiger partial charge on any atom is -0.379 e. The van der Waals surface area contributed by atoms with E-state index in [1.165, 1.54) is 32.1 Å². The number of rotatable bonds is 4. The molecule has 3 heterocycles. The highest BCUT2D eigenvalue weighted by Crippen LogP contribution is 2.34. The Bertz CT molecular complexity index is 655. The molecule has 1 aromatic heterocycles. The number of aliphatic imine (C=N–C) groups is 1. The topological polar surface area (TPSA) is 69.1 Å². The van der Waals surface area contributed by atoms with E-state index in [1.807, 2.05) is 25.5 Å². The summed E-state index contributed by atoms with van der Waals surface area (Å²) in [7, 11) is 1.90. The summed E-state index contributed by atoms with van der Waals surface area (Å²) in [6.07, 6.45) is 10.2. The van der Waals surface area contributed by atoms with E-state index >= 15 is 0 Å². The minimum atomic E-state index is 0. The van der Waals surface area contributed by atoms with Crippen LogP contribution in [0, 0.1) is 0 Å². The van der Waals surface area contributed by atoms with Crippen molar-refractivity contribution in [2.75, 3.05) is 71.0 Å². The normalized spacial score (nSPS) is 23.0. The fourth-order valence-electron chi connectivity index (χ4n) is 5.00. The van der Waals surface area contributed by atoms with Gasteiger partial charge in [-0.15, -0.1) is 24.0 Å². The van der Waals surface area contributed by atoms with Crippen LogP contribution in [-0.2, 0) is 4.74 Å². The molecule has 3 fully saturated rings. The Labute approximate surface area is 197 Å². The van der Waals surface area contributed by atoms with Crippen molar-refractivity contribution in [1.82, 2.24) is 25.1 Å². The molecule has 0 amide bonds. The average molecular weight is 529 g/mol. The summed E-state index contributed by atoms with van der Waals surface area (Å²) in [5.41, 5.74) is 0.248. The summed E-state index contributed by atoms with van der Waals surface area (Å²) in [5.74, 6) is 1.85. The molecule has 8 nitrogen and oxygen atoms in total. The first-order valence-electron chi connectivity index (χ1n) is 11.1. The van der Waals surface area contributed by atoms with Crippen molar-refractivity contribution in [1.29, 1.82) is 0 Å². The number of guanidine groups is 1. The van der Waals surface area contributed by atoms with Gasteiger partial charge in [-0.3, -0.25) is 9.89 Å². The Kier molecular flexibility index (Phi) is 8.94. The number of hydrogen-bond donors (Lipinski definition) is 1. The number of anilines is 1. The van der Waals surface area contributed by atoms with E-state index < -0.39 is 0 Å². The largest absolute Gasteiger partial charge is 0.379 e. The predicted octanol–water partition coefficient (Wildman–Crippen LogP) is 1.83. The summed E-state index contributed by atoms with van der Waals surface area (Å²) in [6, 6.07) is 1.86. The molecule has 0 radical (unpaired) electrons. The molecule has 1 aliphatic carbocycles. The highest BCUT2D eigenvalue weighted by Gasteiger charge is 2.39. The number of nitrogens with zero attached hydrogens (tertiary/aromatic N) is 6. The van der Waals surface area contributed by atoms with Gasteiger partial charge in [0, 0.05) is 70.8 Å². The molecule has 3 aliphatic rings. The molecule has 1 aromatic rings. The highest BCUT2D eigenvalue weighted by molar-refractivity contribution is 14.0. The Hall–Kier alpha value is -1.20. The quantitative estimate of drug-likeness (QED) is 0.363.